The quantitative estimate of drug-likeness (QED) is 0.855. The molecule has 1 saturated heterocycles. The topological polar surface area (TPSA) is 47.6 Å². The van der Waals surface area contributed by atoms with Gasteiger partial charge in [-0.05, 0) is 42.6 Å². The standard InChI is InChI=1S/C20H23NO3/c1-23-20(22)17-10-5-7-15(13-17)14-24-18-11-6-12-21-19(18)16-8-3-2-4-9-16/h2-5,7-10,13,18-19,21H,6,11-12,14H2,1H3/t18-,19-/m1/s1. The molecule has 0 spiro atoms. The molecule has 24 heavy (non-hydrogen) atoms. The summed E-state index contributed by atoms with van der Waals surface area (Å²) in [6, 6.07) is 18.0. The lowest BCUT2D eigenvalue weighted by Crippen LogP contribution is -2.39. The number of esters is 1. The molecular weight excluding hydrogens is 302 g/mol. The number of hydrogen-bond acceptors (Lipinski definition) is 4. The molecule has 2 atom stereocenters. The predicted molar refractivity (Wildman–Crippen MR) is 92.8 cm³/mol. The Hall–Kier alpha value is -2.17. The minimum atomic E-state index is -0.321. The van der Waals surface area contributed by atoms with Crippen LogP contribution in [0, 0.1) is 0 Å². The van der Waals surface area contributed by atoms with Crippen LogP contribution in [0.25, 0.3) is 0 Å². The number of carbonyl (C=O) groups excluding carboxylic acids is 1. The van der Waals surface area contributed by atoms with Crippen LogP contribution >= 0.6 is 0 Å². The SMILES string of the molecule is COC(=O)c1cccc(CO[C@@H]2CCCN[C@@H]2c2ccccc2)c1. The molecule has 0 aromatic heterocycles. The Balaban J connectivity index is 1.67. The molecular formula is C20H23NO3. The van der Waals surface area contributed by atoms with Gasteiger partial charge in [0, 0.05) is 0 Å². The monoisotopic (exact) mass is 325 g/mol. The molecule has 1 heterocycles. The van der Waals surface area contributed by atoms with Gasteiger partial charge in [0.2, 0.25) is 0 Å². The van der Waals surface area contributed by atoms with Crippen LogP contribution < -0.4 is 5.32 Å². The van der Waals surface area contributed by atoms with E-state index in [0.29, 0.717) is 12.2 Å². The van der Waals surface area contributed by atoms with E-state index >= 15 is 0 Å². The molecule has 1 aliphatic heterocycles. The van der Waals surface area contributed by atoms with E-state index < -0.39 is 0 Å². The molecule has 3 rings (SSSR count). The highest BCUT2D eigenvalue weighted by Crippen LogP contribution is 2.27. The maximum Gasteiger partial charge on any atom is 0.337 e. The molecule has 4 heteroatoms. The highest BCUT2D eigenvalue weighted by atomic mass is 16.5. The Morgan fingerprint density at radius 3 is 2.79 bits per heavy atom. The third kappa shape index (κ3) is 4.02. The lowest BCUT2D eigenvalue weighted by molar-refractivity contribution is -0.00359. The second-order valence-electron chi connectivity index (χ2n) is 6.03. The van der Waals surface area contributed by atoms with E-state index in [-0.39, 0.29) is 18.1 Å². The van der Waals surface area contributed by atoms with E-state index in [1.54, 1.807) is 6.07 Å². The van der Waals surface area contributed by atoms with Crippen molar-refractivity contribution in [2.75, 3.05) is 13.7 Å². The van der Waals surface area contributed by atoms with Crippen molar-refractivity contribution in [3.63, 3.8) is 0 Å². The Kier molecular flexibility index (Phi) is 5.62. The van der Waals surface area contributed by atoms with Crippen LogP contribution in [0.3, 0.4) is 0 Å². The van der Waals surface area contributed by atoms with Gasteiger partial charge in [-0.3, -0.25) is 0 Å². The molecule has 0 amide bonds. The van der Waals surface area contributed by atoms with E-state index in [4.69, 9.17) is 9.47 Å². The van der Waals surface area contributed by atoms with E-state index in [2.05, 4.69) is 29.6 Å². The van der Waals surface area contributed by atoms with Gasteiger partial charge in [-0.2, -0.15) is 0 Å². The van der Waals surface area contributed by atoms with Crippen LogP contribution in [-0.4, -0.2) is 25.7 Å². The highest BCUT2D eigenvalue weighted by Gasteiger charge is 2.26. The predicted octanol–water partition coefficient (Wildman–Crippen LogP) is 3.48. The van der Waals surface area contributed by atoms with Crippen molar-refractivity contribution in [3.05, 3.63) is 71.3 Å². The van der Waals surface area contributed by atoms with E-state index in [9.17, 15) is 4.79 Å². The van der Waals surface area contributed by atoms with Crippen LogP contribution in [0.1, 0.15) is 40.4 Å². The van der Waals surface area contributed by atoms with Gasteiger partial charge in [-0.25, -0.2) is 4.79 Å². The van der Waals surface area contributed by atoms with E-state index in [1.807, 2.05) is 24.3 Å². The zero-order valence-corrected chi connectivity index (χ0v) is 13.9. The largest absolute Gasteiger partial charge is 0.465 e. The van der Waals surface area contributed by atoms with E-state index in [1.165, 1.54) is 12.7 Å². The summed E-state index contributed by atoms with van der Waals surface area (Å²) in [5.74, 6) is -0.321. The minimum Gasteiger partial charge on any atom is -0.465 e. The molecule has 0 saturated carbocycles. The van der Waals surface area contributed by atoms with Crippen molar-refractivity contribution in [3.8, 4) is 0 Å². The molecule has 0 bridgehead atoms. The summed E-state index contributed by atoms with van der Waals surface area (Å²) in [5.41, 5.74) is 2.79. The van der Waals surface area contributed by atoms with Gasteiger partial charge in [0.25, 0.3) is 0 Å². The summed E-state index contributed by atoms with van der Waals surface area (Å²) < 4.78 is 11.0. The average molecular weight is 325 g/mol. The summed E-state index contributed by atoms with van der Waals surface area (Å²) in [6.07, 6.45) is 2.27. The maximum absolute atomic E-state index is 11.6. The van der Waals surface area contributed by atoms with Gasteiger partial charge in [0.1, 0.15) is 0 Å². The molecule has 1 aliphatic rings. The molecule has 2 aromatic carbocycles. The fourth-order valence-corrected chi connectivity index (χ4v) is 3.14. The number of rotatable bonds is 5. The van der Waals surface area contributed by atoms with Gasteiger partial charge < -0.3 is 14.8 Å². The first-order valence-corrected chi connectivity index (χ1v) is 8.35. The fraction of sp³-hybridized carbons (Fsp3) is 0.350. The molecule has 4 nitrogen and oxygen atoms in total. The van der Waals surface area contributed by atoms with Gasteiger partial charge in [-0.1, -0.05) is 42.5 Å². The molecule has 126 valence electrons. The van der Waals surface area contributed by atoms with Gasteiger partial charge in [0.05, 0.1) is 31.4 Å². The zero-order valence-electron chi connectivity index (χ0n) is 13.9. The Bertz CT molecular complexity index is 672. The molecule has 1 N–H and O–H groups in total. The summed E-state index contributed by atoms with van der Waals surface area (Å²) in [6.45, 7) is 1.50. The first-order chi connectivity index (χ1) is 11.8. The second-order valence-corrected chi connectivity index (χ2v) is 6.03. The summed E-state index contributed by atoms with van der Waals surface area (Å²) in [5, 5.41) is 3.56. The van der Waals surface area contributed by atoms with Crippen molar-refractivity contribution in [1.82, 2.24) is 5.32 Å². The number of benzene rings is 2. The van der Waals surface area contributed by atoms with Gasteiger partial charge in [-0.15, -0.1) is 0 Å². The van der Waals surface area contributed by atoms with Gasteiger partial charge >= 0.3 is 5.97 Å². The Labute approximate surface area is 142 Å². The third-order valence-electron chi connectivity index (χ3n) is 4.37. The van der Waals surface area contributed by atoms with Crippen molar-refractivity contribution in [2.24, 2.45) is 0 Å². The highest BCUT2D eigenvalue weighted by molar-refractivity contribution is 5.89. The smallest absolute Gasteiger partial charge is 0.337 e. The van der Waals surface area contributed by atoms with Gasteiger partial charge in [0.15, 0.2) is 0 Å². The maximum atomic E-state index is 11.6. The van der Waals surface area contributed by atoms with Crippen LogP contribution in [0.4, 0.5) is 0 Å². The first-order valence-electron chi connectivity index (χ1n) is 8.35. The summed E-state index contributed by atoms with van der Waals surface area (Å²) >= 11 is 0. The van der Waals surface area contributed by atoms with Crippen LogP contribution in [-0.2, 0) is 16.1 Å². The Morgan fingerprint density at radius 1 is 1.17 bits per heavy atom. The van der Waals surface area contributed by atoms with Crippen molar-refractivity contribution >= 4 is 5.97 Å². The number of methoxy groups -OCH3 is 1. The number of carbonyl (C=O) groups is 1. The lowest BCUT2D eigenvalue weighted by atomic mass is 9.94. The molecule has 1 fully saturated rings. The lowest BCUT2D eigenvalue weighted by Gasteiger charge is -2.33. The summed E-state index contributed by atoms with van der Waals surface area (Å²) in [4.78, 5) is 11.6. The van der Waals surface area contributed by atoms with Crippen molar-refractivity contribution < 1.29 is 14.3 Å². The van der Waals surface area contributed by atoms with Crippen LogP contribution in [0.5, 0.6) is 0 Å². The van der Waals surface area contributed by atoms with Crippen LogP contribution in [0.15, 0.2) is 54.6 Å². The molecule has 2 aromatic rings. The third-order valence-corrected chi connectivity index (χ3v) is 4.37. The van der Waals surface area contributed by atoms with Crippen molar-refractivity contribution in [1.29, 1.82) is 0 Å². The van der Waals surface area contributed by atoms with Crippen LogP contribution in [0.2, 0.25) is 0 Å². The zero-order chi connectivity index (χ0) is 16.8. The second kappa shape index (κ2) is 8.08. The van der Waals surface area contributed by atoms with E-state index in [0.717, 1.165) is 24.9 Å². The number of piperidine rings is 1. The Morgan fingerprint density at radius 2 is 2.00 bits per heavy atom. The molecule has 0 unspecified atom stereocenters. The summed E-state index contributed by atoms with van der Waals surface area (Å²) in [7, 11) is 1.39. The number of ether oxygens (including phenoxy) is 2. The number of hydrogen-bond donors (Lipinski definition) is 1. The first kappa shape index (κ1) is 16.7. The minimum absolute atomic E-state index is 0.128. The number of nitrogens with one attached hydrogen (secondary N) is 1. The van der Waals surface area contributed by atoms with Crippen molar-refractivity contribution in [2.45, 2.75) is 31.6 Å². The molecule has 0 radical (unpaired) electrons. The average Bonchev–Trinajstić information content (AvgIpc) is 2.67. The normalized spacial score (nSPS) is 20.5. The molecule has 0 aliphatic carbocycles. The fourth-order valence-electron chi connectivity index (χ4n) is 3.14.